The van der Waals surface area contributed by atoms with E-state index in [0.29, 0.717) is 5.82 Å². The lowest BCUT2D eigenvalue weighted by atomic mass is 10.4. The standard InChI is InChI=1S/C10H11N3O2S/c14-16(15,9-4-2-1-3-5-9)13-8-10-11-6-7-12-10/h1-7,13H,8H2,(H,11,12). The van der Waals surface area contributed by atoms with Gasteiger partial charge in [-0.25, -0.2) is 18.1 Å². The Morgan fingerprint density at radius 2 is 2.00 bits per heavy atom. The van der Waals surface area contributed by atoms with Crippen molar-refractivity contribution in [2.45, 2.75) is 11.4 Å². The van der Waals surface area contributed by atoms with Crippen molar-refractivity contribution in [2.24, 2.45) is 0 Å². The van der Waals surface area contributed by atoms with E-state index in [1.807, 2.05) is 0 Å². The molecular weight excluding hydrogens is 226 g/mol. The van der Waals surface area contributed by atoms with Gasteiger partial charge in [0.15, 0.2) is 0 Å². The lowest BCUT2D eigenvalue weighted by Gasteiger charge is -2.04. The molecular formula is C10H11N3O2S. The minimum absolute atomic E-state index is 0.157. The van der Waals surface area contributed by atoms with E-state index in [2.05, 4.69) is 14.7 Å². The molecule has 5 nitrogen and oxygen atoms in total. The second-order valence-electron chi connectivity index (χ2n) is 3.17. The minimum atomic E-state index is -3.45. The number of nitrogens with one attached hydrogen (secondary N) is 2. The van der Waals surface area contributed by atoms with Crippen LogP contribution < -0.4 is 4.72 Å². The SMILES string of the molecule is O=S(=O)(NCc1ncc[nH]1)c1ccccc1. The Morgan fingerprint density at radius 3 is 2.62 bits per heavy atom. The van der Waals surface area contributed by atoms with Crippen LogP contribution in [0.4, 0.5) is 0 Å². The summed E-state index contributed by atoms with van der Waals surface area (Å²) in [5, 5.41) is 0. The summed E-state index contributed by atoms with van der Waals surface area (Å²) in [6.45, 7) is 0.157. The first-order valence-corrected chi connectivity index (χ1v) is 6.20. The number of aromatic nitrogens is 2. The van der Waals surface area contributed by atoms with Gasteiger partial charge in [0.1, 0.15) is 5.82 Å². The van der Waals surface area contributed by atoms with Gasteiger partial charge < -0.3 is 4.98 Å². The molecule has 2 N–H and O–H groups in total. The van der Waals surface area contributed by atoms with Gasteiger partial charge in [-0.3, -0.25) is 0 Å². The Morgan fingerprint density at radius 1 is 1.25 bits per heavy atom. The monoisotopic (exact) mass is 237 g/mol. The van der Waals surface area contributed by atoms with E-state index in [1.54, 1.807) is 42.7 Å². The smallest absolute Gasteiger partial charge is 0.240 e. The Kier molecular flexibility index (Phi) is 3.02. The summed E-state index contributed by atoms with van der Waals surface area (Å²) in [4.78, 5) is 7.01. The van der Waals surface area contributed by atoms with Crippen molar-refractivity contribution in [3.8, 4) is 0 Å². The molecule has 0 radical (unpaired) electrons. The molecule has 1 heterocycles. The number of rotatable bonds is 4. The summed E-state index contributed by atoms with van der Waals surface area (Å²) in [6.07, 6.45) is 3.22. The van der Waals surface area contributed by atoms with Crippen LogP contribution in [0.2, 0.25) is 0 Å². The predicted octanol–water partition coefficient (Wildman–Crippen LogP) is 0.888. The highest BCUT2D eigenvalue weighted by Crippen LogP contribution is 2.07. The molecule has 1 aromatic heterocycles. The number of imidazole rings is 1. The van der Waals surface area contributed by atoms with Gasteiger partial charge in [-0.05, 0) is 12.1 Å². The Bertz CT molecular complexity index is 535. The van der Waals surface area contributed by atoms with Gasteiger partial charge in [0, 0.05) is 12.4 Å². The molecule has 0 aliphatic rings. The van der Waals surface area contributed by atoms with Crippen LogP contribution in [0.3, 0.4) is 0 Å². The van der Waals surface area contributed by atoms with Crippen molar-refractivity contribution >= 4 is 10.0 Å². The summed E-state index contributed by atoms with van der Waals surface area (Å²) in [7, 11) is -3.45. The molecule has 16 heavy (non-hydrogen) atoms. The van der Waals surface area contributed by atoms with Gasteiger partial charge >= 0.3 is 0 Å². The van der Waals surface area contributed by atoms with Gasteiger partial charge in [-0.15, -0.1) is 0 Å². The fourth-order valence-corrected chi connectivity index (χ4v) is 2.25. The molecule has 0 saturated carbocycles. The van der Waals surface area contributed by atoms with Gasteiger partial charge in [-0.2, -0.15) is 0 Å². The number of aromatic amines is 1. The first-order chi connectivity index (χ1) is 7.68. The predicted molar refractivity (Wildman–Crippen MR) is 59.1 cm³/mol. The van der Waals surface area contributed by atoms with Crippen molar-refractivity contribution in [3.05, 3.63) is 48.5 Å². The number of hydrogen-bond acceptors (Lipinski definition) is 3. The molecule has 0 saturated heterocycles. The van der Waals surface area contributed by atoms with E-state index >= 15 is 0 Å². The number of nitrogens with zero attached hydrogens (tertiary/aromatic N) is 1. The van der Waals surface area contributed by atoms with Crippen molar-refractivity contribution in [3.63, 3.8) is 0 Å². The van der Waals surface area contributed by atoms with Crippen molar-refractivity contribution < 1.29 is 8.42 Å². The normalized spacial score (nSPS) is 11.5. The zero-order valence-corrected chi connectivity index (χ0v) is 9.24. The van der Waals surface area contributed by atoms with E-state index in [1.165, 1.54) is 0 Å². The summed E-state index contributed by atoms with van der Waals surface area (Å²) < 4.78 is 26.0. The number of sulfonamides is 1. The topological polar surface area (TPSA) is 74.8 Å². The molecule has 2 aromatic rings. The van der Waals surface area contributed by atoms with Crippen LogP contribution in [-0.4, -0.2) is 18.4 Å². The molecule has 0 bridgehead atoms. The van der Waals surface area contributed by atoms with E-state index < -0.39 is 10.0 Å². The third kappa shape index (κ3) is 2.47. The van der Waals surface area contributed by atoms with Crippen LogP contribution in [0.5, 0.6) is 0 Å². The highest BCUT2D eigenvalue weighted by Gasteiger charge is 2.12. The van der Waals surface area contributed by atoms with Crippen molar-refractivity contribution in [2.75, 3.05) is 0 Å². The molecule has 0 amide bonds. The summed E-state index contributed by atoms with van der Waals surface area (Å²) in [5.41, 5.74) is 0. The number of benzene rings is 1. The first-order valence-electron chi connectivity index (χ1n) is 4.71. The molecule has 0 unspecified atom stereocenters. The van der Waals surface area contributed by atoms with Gasteiger partial charge in [0.25, 0.3) is 0 Å². The zero-order chi connectivity index (χ0) is 11.4. The first kappa shape index (κ1) is 10.8. The van der Waals surface area contributed by atoms with Crippen LogP contribution in [0.15, 0.2) is 47.6 Å². The molecule has 0 spiro atoms. The lowest BCUT2D eigenvalue weighted by molar-refractivity contribution is 0.579. The van der Waals surface area contributed by atoms with Crippen LogP contribution in [0, 0.1) is 0 Å². The summed E-state index contributed by atoms with van der Waals surface area (Å²) in [6, 6.07) is 8.23. The Hall–Kier alpha value is -1.66. The minimum Gasteiger partial charge on any atom is -0.347 e. The quantitative estimate of drug-likeness (QED) is 0.829. The van der Waals surface area contributed by atoms with E-state index in [9.17, 15) is 8.42 Å². The maximum atomic E-state index is 11.8. The van der Waals surface area contributed by atoms with Crippen LogP contribution in [0.1, 0.15) is 5.82 Å². The third-order valence-corrected chi connectivity index (χ3v) is 3.46. The van der Waals surface area contributed by atoms with E-state index in [-0.39, 0.29) is 11.4 Å². The van der Waals surface area contributed by atoms with Crippen LogP contribution in [-0.2, 0) is 16.6 Å². The van der Waals surface area contributed by atoms with E-state index in [0.717, 1.165) is 0 Å². The van der Waals surface area contributed by atoms with Crippen molar-refractivity contribution in [1.29, 1.82) is 0 Å². The molecule has 0 fully saturated rings. The fourth-order valence-electron chi connectivity index (χ4n) is 1.24. The molecule has 1 aromatic carbocycles. The maximum absolute atomic E-state index is 11.8. The number of hydrogen-bond donors (Lipinski definition) is 2. The van der Waals surface area contributed by atoms with Crippen LogP contribution >= 0.6 is 0 Å². The van der Waals surface area contributed by atoms with Crippen molar-refractivity contribution in [1.82, 2.24) is 14.7 Å². The zero-order valence-electron chi connectivity index (χ0n) is 8.42. The van der Waals surface area contributed by atoms with Crippen LogP contribution in [0.25, 0.3) is 0 Å². The third-order valence-electron chi connectivity index (χ3n) is 2.04. The Balaban J connectivity index is 2.10. The largest absolute Gasteiger partial charge is 0.347 e. The Labute approximate surface area is 93.6 Å². The lowest BCUT2D eigenvalue weighted by Crippen LogP contribution is -2.23. The van der Waals surface area contributed by atoms with Gasteiger partial charge in [0.05, 0.1) is 11.4 Å². The fraction of sp³-hybridized carbons (Fsp3) is 0.100. The molecule has 0 aliphatic heterocycles. The summed E-state index contributed by atoms with van der Waals surface area (Å²) >= 11 is 0. The summed E-state index contributed by atoms with van der Waals surface area (Å²) in [5.74, 6) is 0.583. The molecule has 0 aliphatic carbocycles. The van der Waals surface area contributed by atoms with Gasteiger partial charge in [-0.1, -0.05) is 18.2 Å². The maximum Gasteiger partial charge on any atom is 0.240 e. The molecule has 84 valence electrons. The molecule has 0 atom stereocenters. The number of H-pyrrole nitrogens is 1. The van der Waals surface area contributed by atoms with Gasteiger partial charge in [0.2, 0.25) is 10.0 Å². The molecule has 6 heteroatoms. The second kappa shape index (κ2) is 4.46. The average Bonchev–Trinajstić information content (AvgIpc) is 2.81. The van der Waals surface area contributed by atoms with E-state index in [4.69, 9.17) is 0 Å². The molecule has 2 rings (SSSR count). The second-order valence-corrected chi connectivity index (χ2v) is 4.94. The highest BCUT2D eigenvalue weighted by atomic mass is 32.2. The average molecular weight is 237 g/mol. The highest BCUT2D eigenvalue weighted by molar-refractivity contribution is 7.89.